The number of aromatic nitrogens is 5. The Morgan fingerprint density at radius 2 is 1.38 bits per heavy atom. The molecular formula is C16H16N8. The average molecular weight is 320 g/mol. The maximum atomic E-state index is 8.39. The average Bonchev–Trinajstić information content (AvgIpc) is 3.16. The molecule has 8 heteroatoms. The molecule has 8 nitrogen and oxygen atoms in total. The van der Waals surface area contributed by atoms with E-state index in [1.165, 1.54) is 15.9 Å². The van der Waals surface area contributed by atoms with Crippen molar-refractivity contribution in [3.8, 4) is 5.69 Å². The minimum Gasteiger partial charge on any atom is -0.111 e. The molecule has 1 aromatic heterocycles. The lowest BCUT2D eigenvalue weighted by molar-refractivity contribution is 0.709. The van der Waals surface area contributed by atoms with Crippen molar-refractivity contribution in [2.24, 2.45) is 5.11 Å². The molecule has 0 saturated heterocycles. The van der Waals surface area contributed by atoms with Gasteiger partial charge in [0.05, 0.1) is 5.69 Å². The molecule has 0 fully saturated rings. The summed E-state index contributed by atoms with van der Waals surface area (Å²) in [4.78, 5) is 4.17. The number of hydrogen-bond donors (Lipinski definition) is 0. The van der Waals surface area contributed by atoms with Crippen LogP contribution in [0.15, 0.2) is 53.6 Å². The van der Waals surface area contributed by atoms with Crippen molar-refractivity contribution in [1.29, 1.82) is 0 Å². The van der Waals surface area contributed by atoms with E-state index in [-0.39, 0.29) is 0 Å². The molecule has 0 saturated carbocycles. The van der Waals surface area contributed by atoms with Gasteiger partial charge in [-0.15, -0.1) is 4.80 Å². The van der Waals surface area contributed by atoms with Gasteiger partial charge in [0.25, 0.3) is 0 Å². The van der Waals surface area contributed by atoms with E-state index in [1.54, 1.807) is 0 Å². The number of unbranched alkanes of at least 4 members (excludes halogenated alkanes) is 1. The first-order valence-electron chi connectivity index (χ1n) is 7.70. The van der Waals surface area contributed by atoms with E-state index in [2.05, 4.69) is 43.0 Å². The second kappa shape index (κ2) is 7.85. The third-order valence-electron chi connectivity index (χ3n) is 3.73. The van der Waals surface area contributed by atoms with Crippen LogP contribution in [-0.2, 0) is 12.8 Å². The largest absolute Gasteiger partial charge is 0.111 e. The SMILES string of the molecule is [N-]=[N+]=Nc1ccc(CCCCc2ccc(-n3nnnn3)cc2)cc1. The van der Waals surface area contributed by atoms with Gasteiger partial charge in [0.2, 0.25) is 0 Å². The lowest BCUT2D eigenvalue weighted by atomic mass is 10.0. The van der Waals surface area contributed by atoms with Crippen molar-refractivity contribution in [2.75, 3.05) is 0 Å². The standard InChI is InChI=1S/C16H16N8/c17-19-18-15-9-5-13(6-10-15)3-1-2-4-14-7-11-16(12-8-14)24-22-20-21-23-24/h5-12H,1-4H2. The first-order chi connectivity index (χ1) is 11.8. The summed E-state index contributed by atoms with van der Waals surface area (Å²) in [6, 6.07) is 15.8. The molecule has 0 spiro atoms. The number of hydrogen-bond acceptors (Lipinski definition) is 5. The zero-order valence-corrected chi connectivity index (χ0v) is 13.0. The highest BCUT2D eigenvalue weighted by Gasteiger charge is 2.00. The summed E-state index contributed by atoms with van der Waals surface area (Å²) in [5.41, 5.74) is 12.4. The molecule has 1 heterocycles. The Hall–Kier alpha value is -3.25. The molecule has 2 aromatic carbocycles. The van der Waals surface area contributed by atoms with Crippen molar-refractivity contribution < 1.29 is 0 Å². The fourth-order valence-electron chi connectivity index (χ4n) is 2.47. The van der Waals surface area contributed by atoms with E-state index >= 15 is 0 Å². The predicted octanol–water partition coefficient (Wildman–Crippen LogP) is 3.56. The minimum absolute atomic E-state index is 0.651. The van der Waals surface area contributed by atoms with Crippen molar-refractivity contribution in [3.05, 3.63) is 70.1 Å². The van der Waals surface area contributed by atoms with Crippen LogP contribution in [0, 0.1) is 0 Å². The van der Waals surface area contributed by atoms with Gasteiger partial charge < -0.3 is 0 Å². The molecule has 3 rings (SSSR count). The van der Waals surface area contributed by atoms with Crippen LogP contribution in [0.1, 0.15) is 24.0 Å². The first-order valence-corrected chi connectivity index (χ1v) is 7.70. The highest BCUT2D eigenvalue weighted by Crippen LogP contribution is 2.16. The van der Waals surface area contributed by atoms with Crippen LogP contribution in [0.4, 0.5) is 5.69 Å². The number of aryl methyl sites for hydroxylation is 2. The van der Waals surface area contributed by atoms with E-state index in [0.29, 0.717) is 5.69 Å². The van der Waals surface area contributed by atoms with Crippen LogP contribution in [0.5, 0.6) is 0 Å². The fraction of sp³-hybridized carbons (Fsp3) is 0.250. The van der Waals surface area contributed by atoms with Gasteiger partial charge in [-0.05, 0) is 75.3 Å². The predicted molar refractivity (Wildman–Crippen MR) is 88.8 cm³/mol. The Bertz CT molecular complexity index is 802. The number of rotatable bonds is 7. The van der Waals surface area contributed by atoms with Gasteiger partial charge in [-0.1, -0.05) is 41.5 Å². The summed E-state index contributed by atoms with van der Waals surface area (Å²) in [6.07, 6.45) is 4.26. The highest BCUT2D eigenvalue weighted by molar-refractivity contribution is 5.38. The molecule has 0 radical (unpaired) electrons. The highest BCUT2D eigenvalue weighted by atomic mass is 15.7. The summed E-state index contributed by atoms with van der Waals surface area (Å²) < 4.78 is 0. The third kappa shape index (κ3) is 4.15. The van der Waals surface area contributed by atoms with Crippen LogP contribution in [0.2, 0.25) is 0 Å². The number of nitrogens with zero attached hydrogens (tertiary/aromatic N) is 8. The van der Waals surface area contributed by atoms with Crippen LogP contribution in [0.3, 0.4) is 0 Å². The van der Waals surface area contributed by atoms with Gasteiger partial charge in [-0.25, -0.2) is 0 Å². The van der Waals surface area contributed by atoms with Crippen LogP contribution in [-0.4, -0.2) is 25.7 Å². The maximum Gasteiger partial charge on any atom is 0.0893 e. The smallest absolute Gasteiger partial charge is 0.0893 e. The molecule has 120 valence electrons. The molecular weight excluding hydrogens is 304 g/mol. The molecule has 0 bridgehead atoms. The molecule has 0 atom stereocenters. The van der Waals surface area contributed by atoms with Crippen molar-refractivity contribution in [1.82, 2.24) is 25.7 Å². The lowest BCUT2D eigenvalue weighted by Crippen LogP contribution is -1.99. The van der Waals surface area contributed by atoms with E-state index in [1.807, 2.05) is 36.4 Å². The molecule has 0 amide bonds. The summed E-state index contributed by atoms with van der Waals surface area (Å²) in [7, 11) is 0. The van der Waals surface area contributed by atoms with Gasteiger partial charge in [0, 0.05) is 10.6 Å². The van der Waals surface area contributed by atoms with Gasteiger partial charge in [0.1, 0.15) is 0 Å². The monoisotopic (exact) mass is 320 g/mol. The minimum atomic E-state index is 0.651. The van der Waals surface area contributed by atoms with Gasteiger partial charge in [-0.2, -0.15) is 0 Å². The Morgan fingerprint density at radius 3 is 1.92 bits per heavy atom. The summed E-state index contributed by atoms with van der Waals surface area (Å²) in [5.74, 6) is 0. The molecule has 0 aliphatic carbocycles. The maximum absolute atomic E-state index is 8.39. The molecule has 24 heavy (non-hydrogen) atoms. The van der Waals surface area contributed by atoms with E-state index in [4.69, 9.17) is 5.53 Å². The van der Waals surface area contributed by atoms with Crippen molar-refractivity contribution >= 4 is 5.69 Å². The topological polar surface area (TPSA) is 105 Å². The Balaban J connectivity index is 1.45. The molecule has 0 N–H and O–H groups in total. The van der Waals surface area contributed by atoms with Crippen LogP contribution >= 0.6 is 0 Å². The van der Waals surface area contributed by atoms with E-state index in [0.717, 1.165) is 31.4 Å². The summed E-state index contributed by atoms with van der Waals surface area (Å²) >= 11 is 0. The van der Waals surface area contributed by atoms with Gasteiger partial charge in [0.15, 0.2) is 0 Å². The van der Waals surface area contributed by atoms with E-state index in [9.17, 15) is 0 Å². The quantitative estimate of drug-likeness (QED) is 0.287. The first kappa shape index (κ1) is 15.6. The number of benzene rings is 2. The molecule has 0 aliphatic rings. The summed E-state index contributed by atoms with van der Waals surface area (Å²) in [5, 5.41) is 18.0. The van der Waals surface area contributed by atoms with Crippen molar-refractivity contribution in [3.63, 3.8) is 0 Å². The Morgan fingerprint density at radius 1 is 0.833 bits per heavy atom. The zero-order valence-electron chi connectivity index (χ0n) is 13.0. The molecule has 0 unspecified atom stereocenters. The Kier molecular flexibility index (Phi) is 5.11. The zero-order chi connectivity index (χ0) is 16.6. The molecule has 3 aromatic rings. The summed E-state index contributed by atoms with van der Waals surface area (Å²) in [6.45, 7) is 0. The van der Waals surface area contributed by atoms with Crippen LogP contribution in [0.25, 0.3) is 16.1 Å². The third-order valence-corrected chi connectivity index (χ3v) is 3.73. The second-order valence-corrected chi connectivity index (χ2v) is 5.38. The number of azide groups is 1. The Labute approximate surface area is 138 Å². The molecule has 0 aliphatic heterocycles. The van der Waals surface area contributed by atoms with Gasteiger partial charge in [-0.3, -0.25) is 0 Å². The van der Waals surface area contributed by atoms with Crippen LogP contribution < -0.4 is 0 Å². The van der Waals surface area contributed by atoms with E-state index < -0.39 is 0 Å². The lowest BCUT2D eigenvalue weighted by Gasteiger charge is -2.04. The second-order valence-electron chi connectivity index (χ2n) is 5.38. The van der Waals surface area contributed by atoms with Crippen molar-refractivity contribution in [2.45, 2.75) is 25.7 Å². The normalized spacial score (nSPS) is 10.3. The fourth-order valence-corrected chi connectivity index (χ4v) is 2.47. The van der Waals surface area contributed by atoms with Gasteiger partial charge >= 0.3 is 0 Å².